The Hall–Kier alpha value is 0.110. The standard InChI is InChI=1S/C13H27NOS/c1-4-12-10-11(3)6-7-13(12)14-8-9-16(15)5-2/h11-14H,4-10H2,1-3H3. The van der Waals surface area contributed by atoms with Gasteiger partial charge in [-0.05, 0) is 31.1 Å². The lowest BCUT2D eigenvalue weighted by atomic mass is 9.77. The number of hydrogen-bond donors (Lipinski definition) is 1. The van der Waals surface area contributed by atoms with Crippen LogP contribution in [0.25, 0.3) is 0 Å². The smallest absolute Gasteiger partial charge is 0.0360 e. The fourth-order valence-corrected chi connectivity index (χ4v) is 3.36. The fourth-order valence-electron chi connectivity index (χ4n) is 2.72. The molecule has 0 aromatic carbocycles. The van der Waals surface area contributed by atoms with Crippen LogP contribution in [0, 0.1) is 11.8 Å². The first-order valence-electron chi connectivity index (χ1n) is 6.75. The van der Waals surface area contributed by atoms with E-state index in [0.717, 1.165) is 29.9 Å². The Balaban J connectivity index is 2.26. The number of hydrogen-bond acceptors (Lipinski definition) is 2. The minimum absolute atomic E-state index is 0.614. The lowest BCUT2D eigenvalue weighted by molar-refractivity contribution is 0.210. The molecule has 1 fully saturated rings. The van der Waals surface area contributed by atoms with E-state index in [9.17, 15) is 4.21 Å². The van der Waals surface area contributed by atoms with Crippen molar-refractivity contribution in [1.82, 2.24) is 5.32 Å². The molecule has 0 spiro atoms. The van der Waals surface area contributed by atoms with E-state index < -0.39 is 10.8 Å². The average Bonchev–Trinajstić information content (AvgIpc) is 2.30. The predicted molar refractivity (Wildman–Crippen MR) is 72.1 cm³/mol. The van der Waals surface area contributed by atoms with Crippen LogP contribution in [-0.2, 0) is 10.8 Å². The Kier molecular flexibility index (Phi) is 6.59. The normalized spacial score (nSPS) is 32.6. The van der Waals surface area contributed by atoms with Gasteiger partial charge in [-0.25, -0.2) is 0 Å². The predicted octanol–water partition coefficient (Wildman–Crippen LogP) is 2.56. The zero-order valence-corrected chi connectivity index (χ0v) is 11.8. The van der Waals surface area contributed by atoms with Gasteiger partial charge >= 0.3 is 0 Å². The maximum Gasteiger partial charge on any atom is 0.0360 e. The summed E-state index contributed by atoms with van der Waals surface area (Å²) in [5.41, 5.74) is 0. The first-order valence-corrected chi connectivity index (χ1v) is 8.24. The van der Waals surface area contributed by atoms with Gasteiger partial charge in [-0.2, -0.15) is 0 Å². The lowest BCUT2D eigenvalue weighted by Gasteiger charge is -2.35. The Bertz CT molecular complexity index is 220. The molecule has 3 heteroatoms. The number of rotatable bonds is 6. The summed E-state index contributed by atoms with van der Waals surface area (Å²) in [6.45, 7) is 7.58. The molecule has 16 heavy (non-hydrogen) atoms. The van der Waals surface area contributed by atoms with Crippen LogP contribution < -0.4 is 5.32 Å². The highest BCUT2D eigenvalue weighted by Gasteiger charge is 2.26. The van der Waals surface area contributed by atoms with E-state index in [1.807, 2.05) is 6.92 Å². The van der Waals surface area contributed by atoms with E-state index in [-0.39, 0.29) is 0 Å². The third kappa shape index (κ3) is 4.54. The van der Waals surface area contributed by atoms with Crippen molar-refractivity contribution >= 4 is 10.8 Å². The van der Waals surface area contributed by atoms with Gasteiger partial charge in [0.25, 0.3) is 0 Å². The molecule has 0 amide bonds. The van der Waals surface area contributed by atoms with Gasteiger partial charge in [-0.1, -0.05) is 27.2 Å². The van der Waals surface area contributed by atoms with E-state index in [4.69, 9.17) is 0 Å². The molecule has 0 saturated heterocycles. The van der Waals surface area contributed by atoms with Crippen LogP contribution in [0.15, 0.2) is 0 Å². The van der Waals surface area contributed by atoms with E-state index in [2.05, 4.69) is 19.2 Å². The minimum Gasteiger partial charge on any atom is -0.313 e. The second-order valence-corrected chi connectivity index (χ2v) is 6.95. The molecule has 0 radical (unpaired) electrons. The topological polar surface area (TPSA) is 29.1 Å². The quantitative estimate of drug-likeness (QED) is 0.779. The van der Waals surface area contributed by atoms with Gasteiger partial charge in [-0.3, -0.25) is 4.21 Å². The van der Waals surface area contributed by atoms with Crippen molar-refractivity contribution < 1.29 is 4.21 Å². The van der Waals surface area contributed by atoms with E-state index in [0.29, 0.717) is 6.04 Å². The molecule has 0 aromatic rings. The molecule has 0 bridgehead atoms. The summed E-state index contributed by atoms with van der Waals surface area (Å²) in [5, 5.41) is 3.62. The van der Waals surface area contributed by atoms with Crippen LogP contribution in [0.1, 0.15) is 46.5 Å². The fraction of sp³-hybridized carbons (Fsp3) is 1.00. The maximum atomic E-state index is 11.3. The van der Waals surface area contributed by atoms with Gasteiger partial charge in [-0.15, -0.1) is 0 Å². The van der Waals surface area contributed by atoms with Crippen molar-refractivity contribution in [2.24, 2.45) is 11.8 Å². The Morgan fingerprint density at radius 2 is 2.06 bits per heavy atom. The molecular formula is C13H27NOS. The summed E-state index contributed by atoms with van der Waals surface area (Å²) in [5.74, 6) is 3.34. The largest absolute Gasteiger partial charge is 0.313 e. The zero-order valence-electron chi connectivity index (χ0n) is 11.0. The van der Waals surface area contributed by atoms with Gasteiger partial charge in [0.15, 0.2) is 0 Å². The third-order valence-corrected chi connectivity index (χ3v) is 5.13. The molecule has 0 aliphatic heterocycles. The highest BCUT2D eigenvalue weighted by atomic mass is 32.2. The van der Waals surface area contributed by atoms with Crippen LogP contribution in [-0.4, -0.2) is 28.3 Å². The van der Waals surface area contributed by atoms with Crippen molar-refractivity contribution in [2.75, 3.05) is 18.1 Å². The van der Waals surface area contributed by atoms with Crippen molar-refractivity contribution in [3.8, 4) is 0 Å². The van der Waals surface area contributed by atoms with Gasteiger partial charge < -0.3 is 5.32 Å². The van der Waals surface area contributed by atoms with E-state index >= 15 is 0 Å². The molecule has 1 aliphatic rings. The summed E-state index contributed by atoms with van der Waals surface area (Å²) in [6.07, 6.45) is 5.30. The molecule has 96 valence electrons. The molecule has 4 unspecified atom stereocenters. The second-order valence-electron chi connectivity index (χ2n) is 5.08. The van der Waals surface area contributed by atoms with Crippen LogP contribution in [0.4, 0.5) is 0 Å². The summed E-state index contributed by atoms with van der Waals surface area (Å²) in [4.78, 5) is 0. The first kappa shape index (κ1) is 14.2. The third-order valence-electron chi connectivity index (χ3n) is 3.83. The maximum absolute atomic E-state index is 11.3. The van der Waals surface area contributed by atoms with Gasteiger partial charge in [0.1, 0.15) is 0 Å². The van der Waals surface area contributed by atoms with Crippen LogP contribution >= 0.6 is 0 Å². The lowest BCUT2D eigenvalue weighted by Crippen LogP contribution is -2.41. The molecule has 1 rings (SSSR count). The van der Waals surface area contributed by atoms with E-state index in [1.54, 1.807) is 0 Å². The molecular weight excluding hydrogens is 218 g/mol. The van der Waals surface area contributed by atoms with E-state index in [1.165, 1.54) is 25.7 Å². The Labute approximate surface area is 103 Å². The molecule has 1 saturated carbocycles. The highest BCUT2D eigenvalue weighted by Crippen LogP contribution is 2.30. The Morgan fingerprint density at radius 1 is 1.31 bits per heavy atom. The average molecular weight is 245 g/mol. The van der Waals surface area contributed by atoms with Gasteiger partial charge in [0.05, 0.1) is 0 Å². The Morgan fingerprint density at radius 3 is 2.69 bits per heavy atom. The summed E-state index contributed by atoms with van der Waals surface area (Å²) in [7, 11) is -0.614. The van der Waals surface area contributed by atoms with Crippen LogP contribution in [0.3, 0.4) is 0 Å². The zero-order chi connectivity index (χ0) is 12.0. The summed E-state index contributed by atoms with van der Waals surface area (Å²) < 4.78 is 11.3. The summed E-state index contributed by atoms with van der Waals surface area (Å²) >= 11 is 0. The van der Waals surface area contributed by atoms with Crippen LogP contribution in [0.5, 0.6) is 0 Å². The summed E-state index contributed by atoms with van der Waals surface area (Å²) in [6, 6.07) is 0.676. The monoisotopic (exact) mass is 245 g/mol. The molecule has 1 N–H and O–H groups in total. The molecule has 4 atom stereocenters. The highest BCUT2D eigenvalue weighted by molar-refractivity contribution is 7.84. The molecule has 2 nitrogen and oxygen atoms in total. The van der Waals surface area contributed by atoms with Crippen LogP contribution in [0.2, 0.25) is 0 Å². The SMILES string of the molecule is CCC1CC(C)CCC1NCCS(=O)CC. The second kappa shape index (κ2) is 7.44. The molecule has 1 aliphatic carbocycles. The van der Waals surface area contributed by atoms with Gasteiger partial charge in [0, 0.05) is 34.9 Å². The van der Waals surface area contributed by atoms with Crippen molar-refractivity contribution in [3.05, 3.63) is 0 Å². The van der Waals surface area contributed by atoms with Crippen molar-refractivity contribution in [3.63, 3.8) is 0 Å². The van der Waals surface area contributed by atoms with Crippen molar-refractivity contribution in [1.29, 1.82) is 0 Å². The van der Waals surface area contributed by atoms with Gasteiger partial charge in [0.2, 0.25) is 0 Å². The number of nitrogens with one attached hydrogen (secondary N) is 1. The first-order chi connectivity index (χ1) is 7.67. The molecule has 0 aromatic heterocycles. The van der Waals surface area contributed by atoms with Crippen molar-refractivity contribution in [2.45, 2.75) is 52.5 Å². The minimum atomic E-state index is -0.614. The molecule has 0 heterocycles.